The van der Waals surface area contributed by atoms with Crippen molar-refractivity contribution in [3.05, 3.63) is 41.5 Å². The van der Waals surface area contributed by atoms with Crippen LogP contribution in [0.4, 0.5) is 0 Å². The molecule has 178 valence electrons. The van der Waals surface area contributed by atoms with Gasteiger partial charge in [-0.05, 0) is 44.7 Å². The largest absolute Gasteiger partial charge is 0.360 e. The van der Waals surface area contributed by atoms with Gasteiger partial charge < -0.3 is 14.3 Å². The van der Waals surface area contributed by atoms with Crippen molar-refractivity contribution in [1.82, 2.24) is 24.2 Å². The van der Waals surface area contributed by atoms with E-state index in [1.165, 1.54) is 4.31 Å². The predicted molar refractivity (Wildman–Crippen MR) is 119 cm³/mol. The number of rotatable bonds is 5. The number of nitrogens with zero attached hydrogens (tertiary/aromatic N) is 5. The first kappa shape index (κ1) is 23.4. The lowest BCUT2D eigenvalue weighted by atomic mass is 9.94. The van der Waals surface area contributed by atoms with E-state index in [2.05, 4.69) is 10.1 Å². The average molecular weight is 476 g/mol. The fourth-order valence-corrected chi connectivity index (χ4v) is 6.29. The molecule has 11 heteroatoms. The Kier molecular flexibility index (Phi) is 6.80. The summed E-state index contributed by atoms with van der Waals surface area (Å²) in [7, 11) is -3.65. The molecule has 2 aliphatic rings. The lowest BCUT2D eigenvalue weighted by molar-refractivity contribution is -0.134. The van der Waals surface area contributed by atoms with E-state index in [0.717, 1.165) is 0 Å². The topological polar surface area (TPSA) is 117 Å². The second-order valence-electron chi connectivity index (χ2n) is 8.62. The molecule has 0 radical (unpaired) electrons. The van der Waals surface area contributed by atoms with Crippen LogP contribution in [-0.2, 0) is 14.8 Å². The minimum absolute atomic E-state index is 0.0653. The van der Waals surface area contributed by atoms with Crippen molar-refractivity contribution in [2.45, 2.75) is 38.0 Å². The van der Waals surface area contributed by atoms with Gasteiger partial charge in [0.05, 0.1) is 5.56 Å². The van der Waals surface area contributed by atoms with E-state index in [4.69, 9.17) is 4.52 Å². The maximum absolute atomic E-state index is 13.0. The molecular weight excluding hydrogens is 446 g/mol. The highest BCUT2D eigenvalue weighted by molar-refractivity contribution is 7.89. The van der Waals surface area contributed by atoms with Crippen molar-refractivity contribution in [2.24, 2.45) is 5.92 Å². The molecule has 4 rings (SSSR count). The van der Waals surface area contributed by atoms with E-state index in [-0.39, 0.29) is 22.6 Å². The Hall–Kier alpha value is -2.79. The first-order valence-corrected chi connectivity index (χ1v) is 12.6. The fourth-order valence-electron chi connectivity index (χ4n) is 4.53. The van der Waals surface area contributed by atoms with Gasteiger partial charge in [0.25, 0.3) is 5.91 Å². The van der Waals surface area contributed by atoms with Crippen molar-refractivity contribution in [2.75, 3.05) is 39.3 Å². The number of amides is 2. The SMILES string of the molecule is Cc1noc(C)c1S(=O)(=O)N1CCC(CC(=O)N2CCN(C(=O)c3cccnc3)CC2)CC1. The standard InChI is InChI=1S/C22H29N5O5S/c1-16-21(17(2)32-24-16)33(30,31)27-8-5-18(6-9-27)14-20(28)25-10-12-26(13-11-25)22(29)19-4-3-7-23-15-19/h3-4,7,15,18H,5-6,8-14H2,1-2H3. The summed E-state index contributed by atoms with van der Waals surface area (Å²) in [5.74, 6) is 0.437. The zero-order valence-corrected chi connectivity index (χ0v) is 19.8. The van der Waals surface area contributed by atoms with Gasteiger partial charge in [0, 0.05) is 58.1 Å². The number of piperidine rings is 1. The zero-order chi connectivity index (χ0) is 23.6. The molecule has 0 spiro atoms. The Labute approximate surface area is 193 Å². The van der Waals surface area contributed by atoms with Crippen LogP contribution in [0.2, 0.25) is 0 Å². The lowest BCUT2D eigenvalue weighted by Gasteiger charge is -2.36. The Morgan fingerprint density at radius 1 is 1.06 bits per heavy atom. The van der Waals surface area contributed by atoms with Crippen LogP contribution in [0.5, 0.6) is 0 Å². The lowest BCUT2D eigenvalue weighted by Crippen LogP contribution is -2.51. The molecule has 10 nitrogen and oxygen atoms in total. The summed E-state index contributed by atoms with van der Waals surface area (Å²) >= 11 is 0. The van der Waals surface area contributed by atoms with Gasteiger partial charge in [0.2, 0.25) is 15.9 Å². The molecule has 0 atom stereocenters. The summed E-state index contributed by atoms with van der Waals surface area (Å²) in [6.45, 7) is 5.96. The number of carbonyl (C=O) groups is 2. The van der Waals surface area contributed by atoms with Crippen molar-refractivity contribution in [3.63, 3.8) is 0 Å². The van der Waals surface area contributed by atoms with Gasteiger partial charge in [-0.1, -0.05) is 5.16 Å². The van der Waals surface area contributed by atoms with Crippen LogP contribution in [0.3, 0.4) is 0 Å². The molecule has 2 fully saturated rings. The third kappa shape index (κ3) is 4.93. The van der Waals surface area contributed by atoms with Crippen LogP contribution in [0, 0.1) is 19.8 Å². The zero-order valence-electron chi connectivity index (χ0n) is 18.9. The van der Waals surface area contributed by atoms with Gasteiger partial charge in [-0.15, -0.1) is 0 Å². The quantitative estimate of drug-likeness (QED) is 0.643. The molecular formula is C22H29N5O5S. The van der Waals surface area contributed by atoms with E-state index in [1.807, 2.05) is 0 Å². The first-order valence-electron chi connectivity index (χ1n) is 11.2. The van der Waals surface area contributed by atoms with Crippen LogP contribution in [0.1, 0.15) is 41.1 Å². The third-order valence-electron chi connectivity index (χ3n) is 6.43. The number of hydrogen-bond donors (Lipinski definition) is 0. The Bertz CT molecular complexity index is 1080. The summed E-state index contributed by atoms with van der Waals surface area (Å²) < 4.78 is 32.4. The molecule has 2 amide bonds. The highest BCUT2D eigenvalue weighted by Crippen LogP contribution is 2.29. The van der Waals surface area contributed by atoms with Crippen molar-refractivity contribution in [3.8, 4) is 0 Å². The summed E-state index contributed by atoms with van der Waals surface area (Å²) in [5, 5.41) is 3.76. The number of carbonyl (C=O) groups excluding carboxylic acids is 2. The number of piperazine rings is 1. The molecule has 2 saturated heterocycles. The maximum Gasteiger partial charge on any atom is 0.255 e. The van der Waals surface area contributed by atoms with E-state index in [0.29, 0.717) is 75.5 Å². The number of aryl methyl sites for hydroxylation is 2. The van der Waals surface area contributed by atoms with Gasteiger partial charge in [0.15, 0.2) is 5.76 Å². The number of aromatic nitrogens is 2. The van der Waals surface area contributed by atoms with Gasteiger partial charge in [-0.25, -0.2) is 8.42 Å². The summed E-state index contributed by atoms with van der Waals surface area (Å²) in [4.78, 5) is 33.1. The Morgan fingerprint density at radius 2 is 1.73 bits per heavy atom. The van der Waals surface area contributed by atoms with Gasteiger partial charge >= 0.3 is 0 Å². The summed E-state index contributed by atoms with van der Waals surface area (Å²) in [6.07, 6.45) is 4.85. The third-order valence-corrected chi connectivity index (χ3v) is 8.57. The van der Waals surface area contributed by atoms with Gasteiger partial charge in [-0.2, -0.15) is 4.31 Å². The van der Waals surface area contributed by atoms with Gasteiger partial charge in [-0.3, -0.25) is 14.6 Å². The fraction of sp³-hybridized carbons (Fsp3) is 0.545. The highest BCUT2D eigenvalue weighted by atomic mass is 32.2. The normalized spacial score (nSPS) is 18.5. The molecule has 4 heterocycles. The van der Waals surface area contributed by atoms with Crippen molar-refractivity contribution in [1.29, 1.82) is 0 Å². The summed E-state index contributed by atoms with van der Waals surface area (Å²) in [6, 6.07) is 3.48. The van der Waals surface area contributed by atoms with Crippen molar-refractivity contribution < 1.29 is 22.5 Å². The number of sulfonamides is 1. The monoisotopic (exact) mass is 475 g/mol. The summed E-state index contributed by atoms with van der Waals surface area (Å²) in [5.41, 5.74) is 0.918. The Morgan fingerprint density at radius 3 is 2.30 bits per heavy atom. The molecule has 0 aromatic carbocycles. The second-order valence-corrected chi connectivity index (χ2v) is 10.5. The molecule has 33 heavy (non-hydrogen) atoms. The molecule has 0 aliphatic carbocycles. The van der Waals surface area contributed by atoms with Gasteiger partial charge in [0.1, 0.15) is 10.6 Å². The molecule has 2 aromatic rings. The predicted octanol–water partition coefficient (Wildman–Crippen LogP) is 1.46. The molecule has 0 saturated carbocycles. The van der Waals surface area contributed by atoms with E-state index < -0.39 is 10.0 Å². The first-order chi connectivity index (χ1) is 15.8. The van der Waals surface area contributed by atoms with E-state index >= 15 is 0 Å². The molecule has 0 N–H and O–H groups in total. The molecule has 2 aromatic heterocycles. The van der Waals surface area contributed by atoms with Crippen LogP contribution in [0.25, 0.3) is 0 Å². The molecule has 0 bridgehead atoms. The minimum Gasteiger partial charge on any atom is -0.360 e. The van der Waals surface area contributed by atoms with E-state index in [9.17, 15) is 18.0 Å². The molecule has 2 aliphatic heterocycles. The van der Waals surface area contributed by atoms with Crippen LogP contribution in [0.15, 0.2) is 33.9 Å². The van der Waals surface area contributed by atoms with Crippen molar-refractivity contribution >= 4 is 21.8 Å². The molecule has 0 unspecified atom stereocenters. The van der Waals surface area contributed by atoms with Crippen LogP contribution in [-0.4, -0.2) is 83.7 Å². The van der Waals surface area contributed by atoms with Crippen LogP contribution < -0.4 is 0 Å². The minimum atomic E-state index is -3.65. The maximum atomic E-state index is 13.0. The number of pyridine rings is 1. The second kappa shape index (κ2) is 9.60. The highest BCUT2D eigenvalue weighted by Gasteiger charge is 2.35. The Balaban J connectivity index is 1.26. The average Bonchev–Trinajstić information content (AvgIpc) is 3.18. The van der Waals surface area contributed by atoms with Crippen LogP contribution >= 0.6 is 0 Å². The smallest absolute Gasteiger partial charge is 0.255 e. The van der Waals surface area contributed by atoms with E-state index in [1.54, 1.807) is 48.2 Å². The number of hydrogen-bond acceptors (Lipinski definition) is 7.